The second kappa shape index (κ2) is 14.7. The molecule has 1 saturated carbocycles. The Morgan fingerprint density at radius 3 is 2.25 bits per heavy atom. The first-order valence-corrected chi connectivity index (χ1v) is 19.7. The minimum absolute atomic E-state index is 0.0213. The number of ether oxygens (including phenoxy) is 1. The van der Waals surface area contributed by atoms with Crippen LogP contribution in [0.3, 0.4) is 0 Å². The Labute approximate surface area is 343 Å². The van der Waals surface area contributed by atoms with E-state index in [1.54, 1.807) is 60.7 Å². The van der Waals surface area contributed by atoms with Gasteiger partial charge in [0.2, 0.25) is 11.8 Å². The number of phenolic OH excluding ortho intramolecular Hbond substituents is 1. The summed E-state index contributed by atoms with van der Waals surface area (Å²) in [5.74, 6) is -6.99. The Balaban J connectivity index is 1.19. The van der Waals surface area contributed by atoms with Gasteiger partial charge in [-0.05, 0) is 104 Å². The molecule has 2 aliphatic heterocycles. The molecular formula is C47H37ClFN3O7. The third-order valence-corrected chi connectivity index (χ3v) is 12.6. The van der Waals surface area contributed by atoms with Crippen LogP contribution in [0.15, 0.2) is 133 Å². The molecular weight excluding hydrogens is 773 g/mol. The number of amides is 4. The third kappa shape index (κ3) is 6.19. The van der Waals surface area contributed by atoms with E-state index in [2.05, 4.69) is 5.43 Å². The first kappa shape index (κ1) is 38.0. The van der Waals surface area contributed by atoms with Gasteiger partial charge in [-0.2, -0.15) is 5.01 Å². The van der Waals surface area contributed by atoms with E-state index in [0.717, 1.165) is 15.5 Å². The summed E-state index contributed by atoms with van der Waals surface area (Å²) in [5, 5.41) is 13.4. The van der Waals surface area contributed by atoms with Gasteiger partial charge in [0.05, 0.1) is 34.5 Å². The van der Waals surface area contributed by atoms with Crippen LogP contribution in [0.4, 0.5) is 15.8 Å². The molecule has 59 heavy (non-hydrogen) atoms. The summed E-state index contributed by atoms with van der Waals surface area (Å²) in [6.07, 6.45) is 2.08. The maximum atomic E-state index is 15.4. The number of Topliss-reactive ketones (excluding diaryl/α,β-unsaturated/α-hetero) is 1. The van der Waals surface area contributed by atoms with Crippen LogP contribution in [0, 0.1) is 29.5 Å². The third-order valence-electron chi connectivity index (χ3n) is 12.3. The van der Waals surface area contributed by atoms with Gasteiger partial charge in [0.15, 0.2) is 5.78 Å². The Bertz CT molecular complexity index is 2560. The molecule has 9 rings (SSSR count). The number of hydrazine groups is 1. The minimum Gasteiger partial charge on any atom is -0.508 e. The molecule has 12 heteroatoms. The van der Waals surface area contributed by atoms with Crippen molar-refractivity contribution < 1.29 is 38.2 Å². The van der Waals surface area contributed by atoms with E-state index in [9.17, 15) is 28.7 Å². The molecule has 4 amide bonds. The number of benzene rings is 5. The number of aromatic hydroxyl groups is 1. The molecule has 2 saturated heterocycles. The number of ketones is 1. The molecule has 296 valence electrons. The van der Waals surface area contributed by atoms with Crippen molar-refractivity contribution in [1.29, 1.82) is 0 Å². The standard InChI is InChI=1S/C47H37ClFN3O7/c1-26(53)28-7-17-33(18-8-28)51-43(55)37-22-21-35-38(41(37)45(51)57)24-39-44(56)52(50-32-15-13-31(49)14-16-32)46(58)47(39,29-9-11-30(48)12-10-29)42(35)36-20-19-34(23-40(36)54)59-25-27-5-3-2-4-6-27/h2-21,23,37-39,41-42,50,54H,22,24-25H2,1H3. The molecule has 0 spiro atoms. The number of imide groups is 2. The number of fused-ring (bicyclic) bond motifs is 4. The summed E-state index contributed by atoms with van der Waals surface area (Å²) >= 11 is 6.40. The average molecular weight is 810 g/mol. The maximum absolute atomic E-state index is 15.4. The smallest absolute Gasteiger partial charge is 0.260 e. The number of nitrogens with zero attached hydrogens (tertiary/aromatic N) is 2. The Morgan fingerprint density at radius 2 is 1.58 bits per heavy atom. The van der Waals surface area contributed by atoms with E-state index in [1.807, 2.05) is 36.4 Å². The van der Waals surface area contributed by atoms with E-state index in [0.29, 0.717) is 38.7 Å². The van der Waals surface area contributed by atoms with Crippen molar-refractivity contribution in [3.05, 3.63) is 166 Å². The van der Waals surface area contributed by atoms with Crippen molar-refractivity contribution in [2.24, 2.45) is 23.7 Å². The van der Waals surface area contributed by atoms with Crippen LogP contribution >= 0.6 is 11.6 Å². The lowest BCUT2D eigenvalue weighted by atomic mass is 9.49. The number of rotatable bonds is 9. The zero-order valence-electron chi connectivity index (χ0n) is 31.7. The van der Waals surface area contributed by atoms with Crippen LogP contribution in [0.25, 0.3) is 0 Å². The molecule has 4 aliphatic rings. The number of hydrogen-bond donors (Lipinski definition) is 2. The highest BCUT2D eigenvalue weighted by Gasteiger charge is 2.70. The van der Waals surface area contributed by atoms with Gasteiger partial charge in [-0.1, -0.05) is 71.8 Å². The molecule has 5 aromatic rings. The second-order valence-corrected chi connectivity index (χ2v) is 15.9. The molecule has 0 aromatic heterocycles. The topological polar surface area (TPSA) is 133 Å². The van der Waals surface area contributed by atoms with E-state index < -0.39 is 64.5 Å². The largest absolute Gasteiger partial charge is 0.508 e. The first-order valence-electron chi connectivity index (χ1n) is 19.3. The number of carbonyl (C=O) groups is 5. The summed E-state index contributed by atoms with van der Waals surface area (Å²) in [7, 11) is 0. The fourth-order valence-corrected chi connectivity index (χ4v) is 9.82. The van der Waals surface area contributed by atoms with E-state index >= 15 is 4.79 Å². The molecule has 0 bridgehead atoms. The molecule has 5 aromatic carbocycles. The zero-order chi connectivity index (χ0) is 41.2. The van der Waals surface area contributed by atoms with Gasteiger partial charge in [0, 0.05) is 28.1 Å². The van der Waals surface area contributed by atoms with Crippen molar-refractivity contribution in [2.45, 2.75) is 37.7 Å². The molecule has 0 radical (unpaired) electrons. The predicted molar refractivity (Wildman–Crippen MR) is 217 cm³/mol. The van der Waals surface area contributed by atoms with Crippen LogP contribution < -0.4 is 15.1 Å². The Hall–Kier alpha value is -6.59. The Kier molecular flexibility index (Phi) is 9.43. The molecule has 6 unspecified atom stereocenters. The summed E-state index contributed by atoms with van der Waals surface area (Å²) in [6, 6.07) is 32.6. The number of nitrogens with one attached hydrogen (secondary N) is 1. The molecule has 2 aliphatic carbocycles. The van der Waals surface area contributed by atoms with Crippen LogP contribution in [-0.4, -0.2) is 39.5 Å². The van der Waals surface area contributed by atoms with E-state index in [-0.39, 0.29) is 36.7 Å². The normalized spacial score (nSPS) is 24.7. The molecule has 2 N–H and O–H groups in total. The highest BCUT2D eigenvalue weighted by atomic mass is 35.5. The van der Waals surface area contributed by atoms with Crippen LogP contribution in [-0.2, 0) is 31.2 Å². The van der Waals surface area contributed by atoms with Crippen molar-refractivity contribution >= 4 is 52.4 Å². The fourth-order valence-electron chi connectivity index (χ4n) is 9.70. The van der Waals surface area contributed by atoms with E-state index in [1.165, 1.54) is 37.3 Å². The lowest BCUT2D eigenvalue weighted by Crippen LogP contribution is -2.53. The SMILES string of the molecule is CC(=O)c1ccc(N2C(=O)C3CC=C4C(CC5C(=O)N(Nc6ccc(F)cc6)C(=O)C5(c5ccc(Cl)cc5)C4c4ccc(OCc5ccccc5)cc4O)C3C2=O)cc1. The van der Waals surface area contributed by atoms with Gasteiger partial charge >= 0.3 is 0 Å². The lowest BCUT2D eigenvalue weighted by Gasteiger charge is -2.50. The highest BCUT2D eigenvalue weighted by Crippen LogP contribution is 2.65. The van der Waals surface area contributed by atoms with Gasteiger partial charge in [0.25, 0.3) is 11.8 Å². The monoisotopic (exact) mass is 809 g/mol. The highest BCUT2D eigenvalue weighted by molar-refractivity contribution is 6.30. The number of halogens is 2. The van der Waals surface area contributed by atoms with Crippen molar-refractivity contribution in [3.63, 3.8) is 0 Å². The zero-order valence-corrected chi connectivity index (χ0v) is 32.4. The predicted octanol–water partition coefficient (Wildman–Crippen LogP) is 8.16. The average Bonchev–Trinajstić information content (AvgIpc) is 3.62. The maximum Gasteiger partial charge on any atom is 0.260 e. The molecule has 3 fully saturated rings. The molecule has 2 heterocycles. The number of hydrogen-bond acceptors (Lipinski definition) is 8. The van der Waals surface area contributed by atoms with Gasteiger partial charge < -0.3 is 9.84 Å². The van der Waals surface area contributed by atoms with Crippen molar-refractivity contribution in [3.8, 4) is 11.5 Å². The van der Waals surface area contributed by atoms with Gasteiger partial charge in [-0.3, -0.25) is 34.3 Å². The van der Waals surface area contributed by atoms with Crippen molar-refractivity contribution in [2.75, 3.05) is 10.3 Å². The van der Waals surface area contributed by atoms with Crippen LogP contribution in [0.2, 0.25) is 5.02 Å². The second-order valence-electron chi connectivity index (χ2n) is 15.5. The van der Waals surface area contributed by atoms with Gasteiger partial charge in [0.1, 0.15) is 23.9 Å². The molecule has 10 nitrogen and oxygen atoms in total. The van der Waals surface area contributed by atoms with Gasteiger partial charge in [-0.25, -0.2) is 4.39 Å². The summed E-state index contributed by atoms with van der Waals surface area (Å²) in [4.78, 5) is 72.4. The lowest BCUT2D eigenvalue weighted by molar-refractivity contribution is -0.138. The molecule has 6 atom stereocenters. The van der Waals surface area contributed by atoms with Crippen LogP contribution in [0.5, 0.6) is 11.5 Å². The van der Waals surface area contributed by atoms with Gasteiger partial charge in [-0.15, -0.1) is 0 Å². The first-order chi connectivity index (χ1) is 28.5. The quantitative estimate of drug-likeness (QED) is 0.0867. The van der Waals surface area contributed by atoms with Crippen LogP contribution in [0.1, 0.15) is 52.7 Å². The summed E-state index contributed by atoms with van der Waals surface area (Å²) in [6.45, 7) is 1.66. The summed E-state index contributed by atoms with van der Waals surface area (Å²) < 4.78 is 20.0. The number of anilines is 2. The Morgan fingerprint density at radius 1 is 0.864 bits per heavy atom. The minimum atomic E-state index is -1.68. The fraction of sp³-hybridized carbons (Fsp3) is 0.213. The number of phenols is 1. The number of allylic oxidation sites excluding steroid dienone is 2. The van der Waals surface area contributed by atoms with E-state index in [4.69, 9.17) is 16.3 Å². The number of carbonyl (C=O) groups excluding carboxylic acids is 5. The summed E-state index contributed by atoms with van der Waals surface area (Å²) in [5.41, 5.74) is 4.65. The van der Waals surface area contributed by atoms with Crippen molar-refractivity contribution in [1.82, 2.24) is 5.01 Å².